The summed E-state index contributed by atoms with van der Waals surface area (Å²) in [6.45, 7) is 3.23. The number of nitrogen functional groups attached to an aromatic ring is 1. The second kappa shape index (κ2) is 7.84. The van der Waals surface area contributed by atoms with E-state index in [1.165, 1.54) is 6.33 Å². The van der Waals surface area contributed by atoms with Gasteiger partial charge in [0.05, 0.1) is 0 Å². The van der Waals surface area contributed by atoms with Crippen LogP contribution in [0, 0.1) is 0 Å². The first-order chi connectivity index (χ1) is 8.74. The Morgan fingerprint density at radius 2 is 2.11 bits per heavy atom. The molecule has 1 aromatic heterocycles. The van der Waals surface area contributed by atoms with Gasteiger partial charge < -0.3 is 15.4 Å². The lowest BCUT2D eigenvalue weighted by Crippen LogP contribution is -2.23. The van der Waals surface area contributed by atoms with Crippen LogP contribution in [0.3, 0.4) is 0 Å². The van der Waals surface area contributed by atoms with Crippen LogP contribution < -0.4 is 16.2 Å². The van der Waals surface area contributed by atoms with E-state index < -0.39 is 0 Å². The number of aromatic nitrogens is 2. The number of anilines is 2. The van der Waals surface area contributed by atoms with Crippen LogP contribution in [0.15, 0.2) is 6.33 Å². The highest BCUT2D eigenvalue weighted by Gasteiger charge is 2.12. The van der Waals surface area contributed by atoms with Crippen LogP contribution in [0.4, 0.5) is 11.6 Å². The van der Waals surface area contributed by atoms with E-state index in [4.69, 9.17) is 10.9 Å². The Labute approximate surface area is 108 Å². The smallest absolute Gasteiger partial charge is 0.148 e. The molecule has 0 saturated carbocycles. The van der Waals surface area contributed by atoms with Crippen molar-refractivity contribution >= 4 is 11.6 Å². The number of nitrogens with zero attached hydrogens (tertiary/aromatic N) is 3. The van der Waals surface area contributed by atoms with Crippen molar-refractivity contribution in [3.63, 3.8) is 0 Å². The van der Waals surface area contributed by atoms with Crippen LogP contribution in [0.25, 0.3) is 0 Å². The number of hydrogen-bond donors (Lipinski definition) is 3. The molecular formula is C12H23N5O. The maximum absolute atomic E-state index is 8.74. The molecule has 0 bridgehead atoms. The summed E-state index contributed by atoms with van der Waals surface area (Å²) >= 11 is 0. The Kier molecular flexibility index (Phi) is 6.38. The lowest BCUT2D eigenvalue weighted by atomic mass is 10.2. The van der Waals surface area contributed by atoms with Crippen molar-refractivity contribution in [3.8, 4) is 0 Å². The van der Waals surface area contributed by atoms with E-state index in [2.05, 4.69) is 27.2 Å². The summed E-state index contributed by atoms with van der Waals surface area (Å²) in [5.74, 6) is 7.05. The lowest BCUT2D eigenvalue weighted by Gasteiger charge is -2.21. The van der Waals surface area contributed by atoms with Crippen LogP contribution in [-0.4, -0.2) is 35.3 Å². The number of hydrogen-bond acceptors (Lipinski definition) is 6. The summed E-state index contributed by atoms with van der Waals surface area (Å²) in [6.07, 6.45) is 5.27. The van der Waals surface area contributed by atoms with Crippen molar-refractivity contribution in [2.24, 2.45) is 5.84 Å². The van der Waals surface area contributed by atoms with Gasteiger partial charge in [-0.3, -0.25) is 0 Å². The van der Waals surface area contributed by atoms with Crippen molar-refractivity contribution in [1.82, 2.24) is 9.97 Å². The number of hydrazine groups is 1. The Morgan fingerprint density at radius 3 is 2.72 bits per heavy atom. The first-order valence-electron chi connectivity index (χ1n) is 6.37. The van der Waals surface area contributed by atoms with E-state index in [-0.39, 0.29) is 6.61 Å². The summed E-state index contributed by atoms with van der Waals surface area (Å²) < 4.78 is 0. The molecular weight excluding hydrogens is 230 g/mol. The zero-order chi connectivity index (χ0) is 13.4. The summed E-state index contributed by atoms with van der Waals surface area (Å²) in [7, 11) is 2.01. The molecule has 0 saturated heterocycles. The number of nitrogens with two attached hydrogens (primary N) is 1. The van der Waals surface area contributed by atoms with E-state index in [0.29, 0.717) is 5.82 Å². The Hall–Kier alpha value is -1.40. The third-order valence-corrected chi connectivity index (χ3v) is 2.93. The standard InChI is InChI=1S/C12H23N5O/c1-3-10-11(16-13)14-9-15-12(10)17(2)7-5-4-6-8-18/h9,18H,3-8,13H2,1-2H3,(H,14,15,16). The number of nitrogens with one attached hydrogen (secondary N) is 1. The summed E-state index contributed by atoms with van der Waals surface area (Å²) in [6, 6.07) is 0. The molecule has 0 spiro atoms. The van der Waals surface area contributed by atoms with E-state index in [0.717, 1.165) is 43.6 Å². The van der Waals surface area contributed by atoms with Crippen LogP contribution in [0.5, 0.6) is 0 Å². The normalized spacial score (nSPS) is 10.4. The van der Waals surface area contributed by atoms with Gasteiger partial charge in [0, 0.05) is 25.8 Å². The van der Waals surface area contributed by atoms with Crippen LogP contribution in [0.2, 0.25) is 0 Å². The average Bonchev–Trinajstić information content (AvgIpc) is 2.42. The van der Waals surface area contributed by atoms with Gasteiger partial charge in [-0.25, -0.2) is 15.8 Å². The maximum Gasteiger partial charge on any atom is 0.148 e. The molecule has 0 fully saturated rings. The molecule has 0 aliphatic rings. The monoisotopic (exact) mass is 253 g/mol. The van der Waals surface area contributed by atoms with Crippen LogP contribution in [0.1, 0.15) is 31.7 Å². The Morgan fingerprint density at radius 1 is 1.33 bits per heavy atom. The Balaban J connectivity index is 2.69. The first-order valence-corrected chi connectivity index (χ1v) is 6.37. The van der Waals surface area contributed by atoms with E-state index in [1.54, 1.807) is 0 Å². The summed E-state index contributed by atoms with van der Waals surface area (Å²) in [5, 5.41) is 8.74. The van der Waals surface area contributed by atoms with Gasteiger partial charge in [-0.15, -0.1) is 0 Å². The minimum atomic E-state index is 0.263. The van der Waals surface area contributed by atoms with Crippen molar-refractivity contribution < 1.29 is 5.11 Å². The largest absolute Gasteiger partial charge is 0.396 e. The third kappa shape index (κ3) is 3.82. The fourth-order valence-electron chi connectivity index (χ4n) is 1.93. The van der Waals surface area contributed by atoms with Gasteiger partial charge in [0.15, 0.2) is 0 Å². The fraction of sp³-hybridized carbons (Fsp3) is 0.667. The molecule has 4 N–H and O–H groups in total. The number of rotatable bonds is 8. The molecule has 6 heteroatoms. The Bertz CT molecular complexity index is 358. The molecule has 1 aromatic rings. The minimum Gasteiger partial charge on any atom is -0.396 e. The number of aliphatic hydroxyl groups is 1. The molecule has 1 heterocycles. The highest BCUT2D eigenvalue weighted by Crippen LogP contribution is 2.22. The quantitative estimate of drug-likeness (QED) is 0.363. The van der Waals surface area contributed by atoms with Gasteiger partial charge in [0.25, 0.3) is 0 Å². The zero-order valence-corrected chi connectivity index (χ0v) is 11.2. The van der Waals surface area contributed by atoms with Gasteiger partial charge in [-0.05, 0) is 25.7 Å². The SMILES string of the molecule is CCc1c(NN)ncnc1N(C)CCCCCO. The van der Waals surface area contributed by atoms with Gasteiger partial charge in [-0.1, -0.05) is 6.92 Å². The van der Waals surface area contributed by atoms with E-state index >= 15 is 0 Å². The minimum absolute atomic E-state index is 0.263. The predicted molar refractivity (Wildman–Crippen MR) is 73.4 cm³/mol. The molecule has 6 nitrogen and oxygen atoms in total. The molecule has 0 aliphatic carbocycles. The first kappa shape index (κ1) is 14.7. The third-order valence-electron chi connectivity index (χ3n) is 2.93. The van der Waals surface area contributed by atoms with Crippen molar-refractivity contribution in [1.29, 1.82) is 0 Å². The van der Waals surface area contributed by atoms with Crippen molar-refractivity contribution in [2.75, 3.05) is 30.5 Å². The predicted octanol–water partition coefficient (Wildman–Crippen LogP) is 0.923. The molecule has 102 valence electrons. The molecule has 0 radical (unpaired) electrons. The van der Waals surface area contributed by atoms with Gasteiger partial charge >= 0.3 is 0 Å². The second-order valence-electron chi connectivity index (χ2n) is 4.23. The van der Waals surface area contributed by atoms with Crippen molar-refractivity contribution in [3.05, 3.63) is 11.9 Å². The van der Waals surface area contributed by atoms with Crippen LogP contribution >= 0.6 is 0 Å². The average molecular weight is 253 g/mol. The van der Waals surface area contributed by atoms with Gasteiger partial charge in [0.1, 0.15) is 18.0 Å². The number of unbranched alkanes of at least 4 members (excludes halogenated alkanes) is 2. The van der Waals surface area contributed by atoms with E-state index in [1.807, 2.05) is 7.05 Å². The summed E-state index contributed by atoms with van der Waals surface area (Å²) in [5.41, 5.74) is 3.64. The van der Waals surface area contributed by atoms with Gasteiger partial charge in [0.2, 0.25) is 0 Å². The molecule has 0 aliphatic heterocycles. The maximum atomic E-state index is 8.74. The highest BCUT2D eigenvalue weighted by atomic mass is 16.2. The zero-order valence-electron chi connectivity index (χ0n) is 11.2. The molecule has 0 amide bonds. The molecule has 1 rings (SSSR count). The topological polar surface area (TPSA) is 87.3 Å². The second-order valence-corrected chi connectivity index (χ2v) is 4.23. The fourth-order valence-corrected chi connectivity index (χ4v) is 1.93. The highest BCUT2D eigenvalue weighted by molar-refractivity contribution is 5.57. The van der Waals surface area contributed by atoms with E-state index in [9.17, 15) is 0 Å². The molecule has 18 heavy (non-hydrogen) atoms. The number of aliphatic hydroxyl groups excluding tert-OH is 1. The van der Waals surface area contributed by atoms with Crippen LogP contribution in [-0.2, 0) is 6.42 Å². The van der Waals surface area contributed by atoms with Gasteiger partial charge in [-0.2, -0.15) is 0 Å². The molecule has 0 aromatic carbocycles. The van der Waals surface area contributed by atoms with Crippen molar-refractivity contribution in [2.45, 2.75) is 32.6 Å². The molecule has 0 unspecified atom stereocenters. The summed E-state index contributed by atoms with van der Waals surface area (Å²) in [4.78, 5) is 10.6. The molecule has 0 atom stereocenters. The lowest BCUT2D eigenvalue weighted by molar-refractivity contribution is 0.283.